The minimum absolute atomic E-state index is 0.202. The van der Waals surface area contributed by atoms with Crippen LogP contribution in [0, 0.1) is 12.3 Å². The summed E-state index contributed by atoms with van der Waals surface area (Å²) in [5.74, 6) is 0. The van der Waals surface area contributed by atoms with Gasteiger partial charge in [-0.15, -0.1) is 0 Å². The van der Waals surface area contributed by atoms with Crippen molar-refractivity contribution in [2.45, 2.75) is 26.2 Å². The van der Waals surface area contributed by atoms with Gasteiger partial charge < -0.3 is 5.11 Å². The van der Waals surface area contributed by atoms with E-state index in [-0.39, 0.29) is 5.41 Å². The summed E-state index contributed by atoms with van der Waals surface area (Å²) in [5, 5.41) is 13.4. The van der Waals surface area contributed by atoms with Crippen LogP contribution < -0.4 is 0 Å². The zero-order valence-corrected chi connectivity index (χ0v) is 8.25. The Balaban J connectivity index is 2.14. The first-order chi connectivity index (χ1) is 6.17. The van der Waals surface area contributed by atoms with Gasteiger partial charge in [0, 0.05) is 19.3 Å². The van der Waals surface area contributed by atoms with Crippen LogP contribution in [0.3, 0.4) is 0 Å². The zero-order chi connectivity index (χ0) is 9.47. The maximum Gasteiger partial charge on any atom is 0.0524 e. The molecule has 1 aromatic rings. The number of aliphatic hydroxyl groups is 1. The van der Waals surface area contributed by atoms with Crippen molar-refractivity contribution in [2.75, 3.05) is 6.61 Å². The van der Waals surface area contributed by atoms with Crippen molar-refractivity contribution in [1.29, 1.82) is 0 Å². The van der Waals surface area contributed by atoms with E-state index < -0.39 is 0 Å². The lowest BCUT2D eigenvalue weighted by atomic mass is 9.98. The molecule has 3 nitrogen and oxygen atoms in total. The maximum absolute atomic E-state index is 9.19. The van der Waals surface area contributed by atoms with Crippen molar-refractivity contribution in [2.24, 2.45) is 12.5 Å². The Morgan fingerprint density at radius 3 is 2.69 bits per heavy atom. The molecule has 72 valence electrons. The number of nitrogens with zero attached hydrogens (tertiary/aromatic N) is 2. The minimum Gasteiger partial charge on any atom is -0.396 e. The van der Waals surface area contributed by atoms with E-state index in [4.69, 9.17) is 0 Å². The number of rotatable bonds is 3. The molecule has 0 aliphatic heterocycles. The van der Waals surface area contributed by atoms with E-state index in [1.165, 1.54) is 11.3 Å². The summed E-state index contributed by atoms with van der Waals surface area (Å²) in [6, 6.07) is 0. The third-order valence-corrected chi connectivity index (χ3v) is 3.19. The van der Waals surface area contributed by atoms with Crippen molar-refractivity contribution in [3.63, 3.8) is 0 Å². The van der Waals surface area contributed by atoms with E-state index in [2.05, 4.69) is 12.0 Å². The van der Waals surface area contributed by atoms with Gasteiger partial charge in [0.05, 0.1) is 6.20 Å². The van der Waals surface area contributed by atoms with Gasteiger partial charge in [-0.1, -0.05) is 0 Å². The Morgan fingerprint density at radius 1 is 1.62 bits per heavy atom. The molecule has 0 radical (unpaired) electrons. The second kappa shape index (κ2) is 2.84. The topological polar surface area (TPSA) is 38.1 Å². The highest BCUT2D eigenvalue weighted by Crippen LogP contribution is 2.48. The fourth-order valence-corrected chi connectivity index (χ4v) is 1.69. The van der Waals surface area contributed by atoms with Crippen molar-refractivity contribution in [3.8, 4) is 0 Å². The summed E-state index contributed by atoms with van der Waals surface area (Å²) >= 11 is 0. The third kappa shape index (κ3) is 1.48. The van der Waals surface area contributed by atoms with Crippen LogP contribution in [0.4, 0.5) is 0 Å². The van der Waals surface area contributed by atoms with Crippen LogP contribution >= 0.6 is 0 Å². The molecule has 1 aliphatic rings. The highest BCUT2D eigenvalue weighted by molar-refractivity contribution is 5.20. The zero-order valence-electron chi connectivity index (χ0n) is 8.25. The summed E-state index contributed by atoms with van der Waals surface area (Å²) < 4.78 is 1.89. The fraction of sp³-hybridized carbons (Fsp3) is 0.700. The standard InChI is InChI=1S/C10H16N2O/c1-8-9(6-11-12(8)2)5-10(7-13)3-4-10/h6,13H,3-5,7H2,1-2H3. The Bertz CT molecular complexity index is 313. The van der Waals surface area contributed by atoms with Crippen LogP contribution in [-0.4, -0.2) is 21.5 Å². The van der Waals surface area contributed by atoms with Gasteiger partial charge >= 0.3 is 0 Å². The second-order valence-corrected chi connectivity index (χ2v) is 4.21. The molecule has 2 rings (SSSR count). The molecule has 1 heterocycles. The average molecular weight is 180 g/mol. The smallest absolute Gasteiger partial charge is 0.0524 e. The van der Waals surface area contributed by atoms with Crippen LogP contribution in [0.1, 0.15) is 24.1 Å². The van der Waals surface area contributed by atoms with Crippen molar-refractivity contribution < 1.29 is 5.11 Å². The Labute approximate surface area is 78.4 Å². The molecule has 0 aromatic carbocycles. The highest BCUT2D eigenvalue weighted by Gasteiger charge is 2.42. The molecule has 0 bridgehead atoms. The first-order valence-electron chi connectivity index (χ1n) is 4.75. The fourth-order valence-electron chi connectivity index (χ4n) is 1.69. The van der Waals surface area contributed by atoms with Crippen LogP contribution in [-0.2, 0) is 13.5 Å². The quantitative estimate of drug-likeness (QED) is 0.754. The van der Waals surface area contributed by atoms with E-state index in [9.17, 15) is 5.11 Å². The molecule has 1 N–H and O–H groups in total. The van der Waals surface area contributed by atoms with Crippen LogP contribution in [0.15, 0.2) is 6.20 Å². The van der Waals surface area contributed by atoms with Gasteiger partial charge in [-0.2, -0.15) is 5.10 Å². The highest BCUT2D eigenvalue weighted by atomic mass is 16.3. The molecule has 0 saturated heterocycles. The lowest BCUT2D eigenvalue weighted by Gasteiger charge is -2.10. The Morgan fingerprint density at radius 2 is 2.31 bits per heavy atom. The van der Waals surface area contributed by atoms with E-state index >= 15 is 0 Å². The molecule has 0 amide bonds. The lowest BCUT2D eigenvalue weighted by molar-refractivity contribution is 0.211. The molecule has 1 fully saturated rings. The normalized spacial score (nSPS) is 19.0. The average Bonchev–Trinajstić information content (AvgIpc) is 2.85. The van der Waals surface area contributed by atoms with Gasteiger partial charge in [-0.25, -0.2) is 0 Å². The molecular weight excluding hydrogens is 164 g/mol. The number of aliphatic hydroxyl groups excluding tert-OH is 1. The summed E-state index contributed by atoms with van der Waals surface area (Å²) in [7, 11) is 1.96. The third-order valence-electron chi connectivity index (χ3n) is 3.19. The Hall–Kier alpha value is -0.830. The summed E-state index contributed by atoms with van der Waals surface area (Å²) in [6.07, 6.45) is 5.24. The lowest BCUT2D eigenvalue weighted by Crippen LogP contribution is -2.10. The largest absolute Gasteiger partial charge is 0.396 e. The summed E-state index contributed by atoms with van der Waals surface area (Å²) in [6.45, 7) is 2.40. The van der Waals surface area contributed by atoms with Crippen LogP contribution in [0.5, 0.6) is 0 Å². The monoisotopic (exact) mass is 180 g/mol. The molecule has 13 heavy (non-hydrogen) atoms. The molecular formula is C10H16N2O. The van der Waals surface area contributed by atoms with Crippen molar-refractivity contribution in [1.82, 2.24) is 9.78 Å². The van der Waals surface area contributed by atoms with Crippen molar-refractivity contribution in [3.05, 3.63) is 17.5 Å². The first-order valence-corrected chi connectivity index (χ1v) is 4.75. The number of aromatic nitrogens is 2. The predicted molar refractivity (Wildman–Crippen MR) is 50.4 cm³/mol. The summed E-state index contributed by atoms with van der Waals surface area (Å²) in [4.78, 5) is 0. The van der Waals surface area contributed by atoms with E-state index in [1.54, 1.807) is 0 Å². The predicted octanol–water partition coefficient (Wildman–Crippen LogP) is 1.04. The number of hydrogen-bond donors (Lipinski definition) is 1. The Kier molecular flexibility index (Phi) is 1.91. The second-order valence-electron chi connectivity index (χ2n) is 4.21. The van der Waals surface area contributed by atoms with Crippen LogP contribution in [0.2, 0.25) is 0 Å². The molecule has 0 unspecified atom stereocenters. The summed E-state index contributed by atoms with van der Waals surface area (Å²) in [5.41, 5.74) is 2.71. The molecule has 0 spiro atoms. The van der Waals surface area contributed by atoms with E-state index in [0.29, 0.717) is 6.61 Å². The van der Waals surface area contributed by atoms with Gasteiger partial charge in [-0.3, -0.25) is 4.68 Å². The number of hydrogen-bond acceptors (Lipinski definition) is 2. The van der Waals surface area contributed by atoms with Gasteiger partial charge in [-0.05, 0) is 37.2 Å². The maximum atomic E-state index is 9.19. The van der Waals surface area contributed by atoms with Gasteiger partial charge in [0.15, 0.2) is 0 Å². The molecule has 0 atom stereocenters. The molecule has 1 aromatic heterocycles. The molecule has 3 heteroatoms. The molecule has 1 saturated carbocycles. The first kappa shape index (κ1) is 8.75. The van der Waals surface area contributed by atoms with E-state index in [1.807, 2.05) is 17.9 Å². The van der Waals surface area contributed by atoms with Crippen LogP contribution in [0.25, 0.3) is 0 Å². The van der Waals surface area contributed by atoms with Crippen molar-refractivity contribution >= 4 is 0 Å². The van der Waals surface area contributed by atoms with Gasteiger partial charge in [0.25, 0.3) is 0 Å². The van der Waals surface area contributed by atoms with E-state index in [0.717, 1.165) is 19.3 Å². The SMILES string of the molecule is Cc1c(CC2(CO)CC2)cnn1C. The van der Waals surface area contributed by atoms with Gasteiger partial charge in [0.1, 0.15) is 0 Å². The number of aryl methyl sites for hydroxylation is 1. The van der Waals surface area contributed by atoms with Gasteiger partial charge in [0.2, 0.25) is 0 Å². The minimum atomic E-state index is 0.202. The molecule has 1 aliphatic carbocycles.